The van der Waals surface area contributed by atoms with Crippen molar-refractivity contribution in [1.82, 2.24) is 15.1 Å². The van der Waals surface area contributed by atoms with Crippen LogP contribution in [0.3, 0.4) is 0 Å². The maximum Gasteiger partial charge on any atom is 0.409 e. The van der Waals surface area contributed by atoms with E-state index in [4.69, 9.17) is 9.73 Å². The lowest BCUT2D eigenvalue weighted by atomic mass is 10.2. The molecule has 2 fully saturated rings. The minimum absolute atomic E-state index is 0.200. The van der Waals surface area contributed by atoms with Crippen LogP contribution in [-0.2, 0) is 4.74 Å². The summed E-state index contributed by atoms with van der Waals surface area (Å²) in [6.07, 6.45) is 5.13. The first-order valence-electron chi connectivity index (χ1n) is 8.69. The highest BCUT2D eigenvalue weighted by molar-refractivity contribution is 5.80. The number of guanidine groups is 1. The molecule has 1 aliphatic heterocycles. The fourth-order valence-electron chi connectivity index (χ4n) is 2.71. The number of hydrogen-bond acceptors (Lipinski definition) is 3. The van der Waals surface area contributed by atoms with Gasteiger partial charge in [-0.1, -0.05) is 12.8 Å². The quantitative estimate of drug-likeness (QED) is 0.462. The lowest BCUT2D eigenvalue weighted by Gasteiger charge is -2.35. The standard InChI is InChI=1S/C16H30N4O2/c1-3-17-15(18-9-5-6-14-7-8-14)19-10-12-20(13-11-19)16(21)22-4-2/h14H,3-13H2,1-2H3,(H,17,18). The normalized spacial score (nSPS) is 19.3. The van der Waals surface area contributed by atoms with Crippen LogP contribution in [0.2, 0.25) is 0 Å². The Balaban J connectivity index is 1.76. The average molecular weight is 310 g/mol. The third kappa shape index (κ3) is 5.39. The first-order valence-corrected chi connectivity index (χ1v) is 8.69. The molecule has 22 heavy (non-hydrogen) atoms. The summed E-state index contributed by atoms with van der Waals surface area (Å²) in [5.74, 6) is 1.97. The molecule has 0 aromatic heterocycles. The summed E-state index contributed by atoms with van der Waals surface area (Å²) in [6, 6.07) is 0. The smallest absolute Gasteiger partial charge is 0.409 e. The zero-order valence-electron chi connectivity index (χ0n) is 14.0. The Morgan fingerprint density at radius 3 is 2.45 bits per heavy atom. The summed E-state index contributed by atoms with van der Waals surface area (Å²) >= 11 is 0. The van der Waals surface area contributed by atoms with E-state index in [2.05, 4.69) is 17.1 Å². The monoisotopic (exact) mass is 310 g/mol. The molecule has 0 bridgehead atoms. The number of amides is 1. The predicted molar refractivity (Wildman–Crippen MR) is 88.1 cm³/mol. The van der Waals surface area contributed by atoms with Gasteiger partial charge in [0.2, 0.25) is 0 Å². The van der Waals surface area contributed by atoms with Crippen molar-refractivity contribution < 1.29 is 9.53 Å². The number of nitrogens with zero attached hydrogens (tertiary/aromatic N) is 3. The number of aliphatic imine (C=N–C) groups is 1. The number of carbonyl (C=O) groups is 1. The van der Waals surface area contributed by atoms with E-state index in [1.165, 1.54) is 25.7 Å². The molecule has 1 amide bonds. The van der Waals surface area contributed by atoms with Crippen LogP contribution in [0.15, 0.2) is 4.99 Å². The number of ether oxygens (including phenoxy) is 1. The summed E-state index contributed by atoms with van der Waals surface area (Å²) in [4.78, 5) is 20.5. The Bertz CT molecular complexity index is 374. The van der Waals surface area contributed by atoms with Crippen molar-refractivity contribution in [2.24, 2.45) is 10.9 Å². The van der Waals surface area contributed by atoms with E-state index >= 15 is 0 Å². The molecule has 0 aromatic carbocycles. The van der Waals surface area contributed by atoms with Gasteiger partial charge in [-0.2, -0.15) is 0 Å². The molecule has 1 N–H and O–H groups in total. The second-order valence-corrected chi connectivity index (χ2v) is 5.99. The van der Waals surface area contributed by atoms with Gasteiger partial charge < -0.3 is 19.9 Å². The zero-order chi connectivity index (χ0) is 15.8. The van der Waals surface area contributed by atoms with Gasteiger partial charge in [-0.05, 0) is 32.6 Å². The van der Waals surface area contributed by atoms with Crippen molar-refractivity contribution in [2.45, 2.75) is 39.5 Å². The molecule has 0 aromatic rings. The molecule has 1 saturated carbocycles. The lowest BCUT2D eigenvalue weighted by molar-refractivity contribution is 0.0914. The zero-order valence-corrected chi connectivity index (χ0v) is 14.0. The van der Waals surface area contributed by atoms with Gasteiger partial charge in [0, 0.05) is 39.3 Å². The minimum atomic E-state index is -0.200. The largest absolute Gasteiger partial charge is 0.450 e. The van der Waals surface area contributed by atoms with Crippen LogP contribution >= 0.6 is 0 Å². The lowest BCUT2D eigenvalue weighted by Crippen LogP contribution is -2.53. The Kier molecular flexibility index (Phi) is 6.80. The molecule has 1 aliphatic carbocycles. The van der Waals surface area contributed by atoms with Crippen molar-refractivity contribution in [3.63, 3.8) is 0 Å². The molecule has 0 radical (unpaired) electrons. The van der Waals surface area contributed by atoms with Gasteiger partial charge in [-0.25, -0.2) is 4.79 Å². The second kappa shape index (κ2) is 8.86. The van der Waals surface area contributed by atoms with Crippen LogP contribution in [0.25, 0.3) is 0 Å². The van der Waals surface area contributed by atoms with Crippen LogP contribution < -0.4 is 5.32 Å². The highest BCUT2D eigenvalue weighted by Crippen LogP contribution is 2.33. The Morgan fingerprint density at radius 2 is 1.86 bits per heavy atom. The molecule has 2 aliphatic rings. The Morgan fingerprint density at radius 1 is 1.18 bits per heavy atom. The Hall–Kier alpha value is -1.46. The average Bonchev–Trinajstić information content (AvgIpc) is 3.35. The maximum atomic E-state index is 11.7. The van der Waals surface area contributed by atoms with Gasteiger partial charge >= 0.3 is 6.09 Å². The third-order valence-electron chi connectivity index (χ3n) is 4.17. The fourth-order valence-corrected chi connectivity index (χ4v) is 2.71. The first kappa shape index (κ1) is 16.9. The number of piperazine rings is 1. The van der Waals surface area contributed by atoms with E-state index in [9.17, 15) is 4.79 Å². The van der Waals surface area contributed by atoms with E-state index in [1.54, 1.807) is 4.90 Å². The SMILES string of the molecule is CCNC(=NCCCC1CC1)N1CCN(C(=O)OCC)CC1. The van der Waals surface area contributed by atoms with Crippen molar-refractivity contribution >= 4 is 12.1 Å². The summed E-state index contributed by atoms with van der Waals surface area (Å²) in [5.41, 5.74) is 0. The highest BCUT2D eigenvalue weighted by Gasteiger charge is 2.24. The third-order valence-corrected chi connectivity index (χ3v) is 4.17. The van der Waals surface area contributed by atoms with Crippen LogP contribution in [0.1, 0.15) is 39.5 Å². The van der Waals surface area contributed by atoms with Gasteiger partial charge in [-0.15, -0.1) is 0 Å². The van der Waals surface area contributed by atoms with Crippen molar-refractivity contribution in [2.75, 3.05) is 45.9 Å². The van der Waals surface area contributed by atoms with E-state index < -0.39 is 0 Å². The highest BCUT2D eigenvalue weighted by atomic mass is 16.6. The number of nitrogens with one attached hydrogen (secondary N) is 1. The van der Waals surface area contributed by atoms with Gasteiger partial charge in [0.05, 0.1) is 6.61 Å². The van der Waals surface area contributed by atoms with E-state index in [-0.39, 0.29) is 6.09 Å². The molecular formula is C16H30N4O2. The van der Waals surface area contributed by atoms with Crippen LogP contribution in [0, 0.1) is 5.92 Å². The van der Waals surface area contributed by atoms with Crippen LogP contribution in [0.4, 0.5) is 4.79 Å². The molecule has 1 heterocycles. The van der Waals surface area contributed by atoms with E-state index in [0.717, 1.165) is 38.1 Å². The van der Waals surface area contributed by atoms with Crippen molar-refractivity contribution in [3.8, 4) is 0 Å². The maximum absolute atomic E-state index is 11.7. The van der Waals surface area contributed by atoms with Gasteiger partial charge in [0.15, 0.2) is 5.96 Å². The van der Waals surface area contributed by atoms with Crippen molar-refractivity contribution in [3.05, 3.63) is 0 Å². The summed E-state index contributed by atoms with van der Waals surface area (Å²) in [5, 5.41) is 3.37. The molecule has 0 atom stereocenters. The molecular weight excluding hydrogens is 280 g/mol. The first-order chi connectivity index (χ1) is 10.7. The minimum Gasteiger partial charge on any atom is -0.450 e. The molecule has 1 saturated heterocycles. The van der Waals surface area contributed by atoms with Crippen molar-refractivity contribution in [1.29, 1.82) is 0 Å². The summed E-state index contributed by atoms with van der Waals surface area (Å²) < 4.78 is 5.05. The molecule has 2 rings (SSSR count). The van der Waals surface area contributed by atoms with Gasteiger partial charge in [0.1, 0.15) is 0 Å². The molecule has 0 spiro atoms. The van der Waals surface area contributed by atoms with E-state index in [1.807, 2.05) is 6.92 Å². The van der Waals surface area contributed by atoms with Gasteiger partial charge in [0.25, 0.3) is 0 Å². The predicted octanol–water partition coefficient (Wildman–Crippen LogP) is 1.92. The van der Waals surface area contributed by atoms with Crippen LogP contribution in [-0.4, -0.2) is 67.7 Å². The molecule has 126 valence electrons. The topological polar surface area (TPSA) is 57.2 Å². The number of rotatable bonds is 6. The molecule has 6 heteroatoms. The number of hydrogen-bond donors (Lipinski definition) is 1. The number of carbonyl (C=O) groups excluding carboxylic acids is 1. The van der Waals surface area contributed by atoms with E-state index in [0.29, 0.717) is 19.7 Å². The fraction of sp³-hybridized carbons (Fsp3) is 0.875. The second-order valence-electron chi connectivity index (χ2n) is 5.99. The molecule has 6 nitrogen and oxygen atoms in total. The summed E-state index contributed by atoms with van der Waals surface area (Å²) in [6.45, 7) is 9.16. The summed E-state index contributed by atoms with van der Waals surface area (Å²) in [7, 11) is 0. The van der Waals surface area contributed by atoms with Gasteiger partial charge in [-0.3, -0.25) is 4.99 Å². The van der Waals surface area contributed by atoms with Crippen LogP contribution in [0.5, 0.6) is 0 Å². The molecule has 0 unspecified atom stereocenters. The Labute approximate surface area is 133 Å².